The largest absolute Gasteiger partial charge is 0.495 e. The molecule has 140 valence electrons. The van der Waals surface area contributed by atoms with Gasteiger partial charge in [-0.1, -0.05) is 24.3 Å². The molecule has 2 aromatic carbocycles. The molecule has 0 fully saturated rings. The second kappa shape index (κ2) is 7.88. The molecule has 1 amide bonds. The van der Waals surface area contributed by atoms with Crippen LogP contribution < -0.4 is 21.3 Å². The summed E-state index contributed by atoms with van der Waals surface area (Å²) in [4.78, 5) is 37.7. The fourth-order valence-electron chi connectivity index (χ4n) is 2.90. The van der Waals surface area contributed by atoms with Crippen LogP contribution >= 0.6 is 0 Å². The molecule has 0 saturated carbocycles. The number of ether oxygens (including phenoxy) is 1. The number of nitrogens with zero attached hydrogens (tertiary/aromatic N) is 2. The zero-order chi connectivity index (χ0) is 19.4. The Morgan fingerprint density at radius 3 is 2.52 bits per heavy atom. The molecule has 2 N–H and O–H groups in total. The Kier molecular flexibility index (Phi) is 5.37. The Morgan fingerprint density at radius 2 is 1.78 bits per heavy atom. The van der Waals surface area contributed by atoms with Crippen molar-refractivity contribution in [2.75, 3.05) is 19.0 Å². The average Bonchev–Trinajstić information content (AvgIpc) is 2.69. The van der Waals surface area contributed by atoms with Crippen molar-refractivity contribution >= 4 is 22.5 Å². The number of hydrogen-bond donors (Lipinski definition) is 2. The number of aliphatic hydroxyl groups excluding tert-OH is 1. The summed E-state index contributed by atoms with van der Waals surface area (Å²) < 4.78 is 7.35. The first kappa shape index (κ1) is 18.4. The summed E-state index contributed by atoms with van der Waals surface area (Å²) in [5.74, 6) is 0.0502. The van der Waals surface area contributed by atoms with Gasteiger partial charge in [-0.15, -0.1) is 0 Å². The van der Waals surface area contributed by atoms with E-state index in [0.29, 0.717) is 22.3 Å². The molecule has 0 unspecified atom stereocenters. The lowest BCUT2D eigenvalue weighted by atomic mass is 10.2. The van der Waals surface area contributed by atoms with Gasteiger partial charge >= 0.3 is 5.69 Å². The molecule has 0 saturated heterocycles. The first-order chi connectivity index (χ1) is 13.1. The van der Waals surface area contributed by atoms with Gasteiger partial charge in [0, 0.05) is 0 Å². The summed E-state index contributed by atoms with van der Waals surface area (Å²) in [5.41, 5.74) is -0.308. The molecule has 0 aliphatic heterocycles. The number of aliphatic hydroxyl groups is 1. The van der Waals surface area contributed by atoms with Crippen molar-refractivity contribution in [2.45, 2.75) is 13.1 Å². The van der Waals surface area contributed by atoms with Gasteiger partial charge in [0.05, 0.1) is 36.9 Å². The Hall–Kier alpha value is -3.39. The van der Waals surface area contributed by atoms with Crippen LogP contribution in [0.3, 0.4) is 0 Å². The minimum absolute atomic E-state index is 0.142. The first-order valence-corrected chi connectivity index (χ1v) is 8.33. The SMILES string of the molecule is COc1ccccc1NC(=O)Cn1c(=O)n(CCO)c(=O)c2ccccc21. The van der Waals surface area contributed by atoms with E-state index in [1.807, 2.05) is 0 Å². The number of hydrogen-bond acceptors (Lipinski definition) is 5. The highest BCUT2D eigenvalue weighted by atomic mass is 16.5. The molecule has 0 aliphatic carbocycles. The highest BCUT2D eigenvalue weighted by Gasteiger charge is 2.15. The minimum Gasteiger partial charge on any atom is -0.495 e. The summed E-state index contributed by atoms with van der Waals surface area (Å²) in [6.07, 6.45) is 0. The van der Waals surface area contributed by atoms with Crippen LogP contribution in [-0.4, -0.2) is 33.9 Å². The third-order valence-electron chi connectivity index (χ3n) is 4.14. The molecule has 0 radical (unpaired) electrons. The van der Waals surface area contributed by atoms with E-state index in [0.717, 1.165) is 4.57 Å². The number of anilines is 1. The van der Waals surface area contributed by atoms with Gasteiger partial charge in [0.1, 0.15) is 12.3 Å². The van der Waals surface area contributed by atoms with E-state index >= 15 is 0 Å². The molecule has 0 bridgehead atoms. The summed E-state index contributed by atoms with van der Waals surface area (Å²) in [6, 6.07) is 13.5. The maximum Gasteiger partial charge on any atom is 0.332 e. The zero-order valence-corrected chi connectivity index (χ0v) is 14.7. The van der Waals surface area contributed by atoms with Gasteiger partial charge in [0.2, 0.25) is 5.91 Å². The Morgan fingerprint density at radius 1 is 1.07 bits per heavy atom. The summed E-state index contributed by atoms with van der Waals surface area (Å²) in [6.45, 7) is -0.791. The number of aromatic nitrogens is 2. The van der Waals surface area contributed by atoms with Crippen LogP contribution in [0.15, 0.2) is 58.1 Å². The van der Waals surface area contributed by atoms with Crippen LogP contribution in [0.25, 0.3) is 10.9 Å². The molecule has 3 rings (SSSR count). The van der Waals surface area contributed by atoms with E-state index in [1.54, 1.807) is 48.5 Å². The Labute approximate surface area is 154 Å². The van der Waals surface area contributed by atoms with Gasteiger partial charge in [0.25, 0.3) is 5.56 Å². The fraction of sp³-hybridized carbons (Fsp3) is 0.211. The minimum atomic E-state index is -0.650. The van der Waals surface area contributed by atoms with Crippen LogP contribution in [0.1, 0.15) is 0 Å². The molecule has 3 aromatic rings. The Bertz CT molecular complexity index is 1100. The number of benzene rings is 2. The maximum absolute atomic E-state index is 12.7. The molecule has 0 aliphatic rings. The van der Waals surface area contributed by atoms with Gasteiger partial charge in [-0.3, -0.25) is 18.7 Å². The summed E-state index contributed by atoms with van der Waals surface area (Å²) in [5, 5.41) is 12.2. The number of carbonyl (C=O) groups is 1. The molecule has 8 heteroatoms. The van der Waals surface area contributed by atoms with Gasteiger partial charge in [-0.05, 0) is 24.3 Å². The van der Waals surface area contributed by atoms with Crippen molar-refractivity contribution < 1.29 is 14.6 Å². The van der Waals surface area contributed by atoms with Gasteiger partial charge in [0.15, 0.2) is 0 Å². The summed E-state index contributed by atoms with van der Waals surface area (Å²) in [7, 11) is 1.49. The molecule has 0 atom stereocenters. The fourth-order valence-corrected chi connectivity index (χ4v) is 2.90. The van der Waals surface area contributed by atoms with Gasteiger partial charge in [-0.25, -0.2) is 4.79 Å². The van der Waals surface area contributed by atoms with Crippen LogP contribution in [0.4, 0.5) is 5.69 Å². The second-order valence-electron chi connectivity index (χ2n) is 5.81. The van der Waals surface area contributed by atoms with Crippen molar-refractivity contribution in [3.05, 3.63) is 69.4 Å². The van der Waals surface area contributed by atoms with Crippen molar-refractivity contribution in [1.29, 1.82) is 0 Å². The van der Waals surface area contributed by atoms with Crippen LogP contribution in [0, 0.1) is 0 Å². The quantitative estimate of drug-likeness (QED) is 0.669. The van der Waals surface area contributed by atoms with Crippen LogP contribution in [-0.2, 0) is 17.9 Å². The molecule has 1 aromatic heterocycles. The third kappa shape index (κ3) is 3.61. The molecular formula is C19H19N3O5. The second-order valence-corrected chi connectivity index (χ2v) is 5.81. The normalized spacial score (nSPS) is 10.7. The number of carbonyl (C=O) groups excluding carboxylic acids is 1. The maximum atomic E-state index is 12.7. The average molecular weight is 369 g/mol. The molecular weight excluding hydrogens is 350 g/mol. The van der Waals surface area contributed by atoms with Crippen molar-refractivity contribution in [3.63, 3.8) is 0 Å². The van der Waals surface area contributed by atoms with E-state index in [1.165, 1.54) is 11.7 Å². The van der Waals surface area contributed by atoms with E-state index in [2.05, 4.69) is 5.32 Å². The Balaban J connectivity index is 2.02. The lowest BCUT2D eigenvalue weighted by molar-refractivity contribution is -0.116. The summed E-state index contributed by atoms with van der Waals surface area (Å²) >= 11 is 0. The third-order valence-corrected chi connectivity index (χ3v) is 4.14. The van der Waals surface area contributed by atoms with Gasteiger partial charge in [-0.2, -0.15) is 0 Å². The van der Waals surface area contributed by atoms with Crippen LogP contribution in [0.5, 0.6) is 5.75 Å². The number of methoxy groups -OCH3 is 1. The smallest absolute Gasteiger partial charge is 0.332 e. The number of amides is 1. The molecule has 27 heavy (non-hydrogen) atoms. The number of fused-ring (bicyclic) bond motifs is 1. The molecule has 8 nitrogen and oxygen atoms in total. The molecule has 0 spiro atoms. The highest BCUT2D eigenvalue weighted by Crippen LogP contribution is 2.23. The van der Waals surface area contributed by atoms with Crippen molar-refractivity contribution in [3.8, 4) is 5.75 Å². The van der Waals surface area contributed by atoms with E-state index in [4.69, 9.17) is 9.84 Å². The van der Waals surface area contributed by atoms with Crippen LogP contribution in [0.2, 0.25) is 0 Å². The molecule has 1 heterocycles. The first-order valence-electron chi connectivity index (χ1n) is 8.33. The predicted octanol–water partition coefficient (Wildman–Crippen LogP) is 0.803. The highest BCUT2D eigenvalue weighted by molar-refractivity contribution is 5.93. The van der Waals surface area contributed by atoms with E-state index in [-0.39, 0.29) is 19.7 Å². The predicted molar refractivity (Wildman–Crippen MR) is 101 cm³/mol. The lowest BCUT2D eigenvalue weighted by Crippen LogP contribution is -2.42. The van der Waals surface area contributed by atoms with Crippen molar-refractivity contribution in [1.82, 2.24) is 9.13 Å². The topological polar surface area (TPSA) is 103 Å². The lowest BCUT2D eigenvalue weighted by Gasteiger charge is -2.14. The zero-order valence-electron chi connectivity index (χ0n) is 14.7. The van der Waals surface area contributed by atoms with Crippen molar-refractivity contribution in [2.24, 2.45) is 0 Å². The number of nitrogens with one attached hydrogen (secondary N) is 1. The van der Waals surface area contributed by atoms with E-state index < -0.39 is 17.2 Å². The monoisotopic (exact) mass is 369 g/mol. The standard InChI is InChI=1S/C19H19N3O5/c1-27-16-9-5-3-7-14(16)20-17(24)12-22-15-8-4-2-6-13(15)18(25)21(10-11-23)19(22)26/h2-9,23H,10-12H2,1H3,(H,20,24). The van der Waals surface area contributed by atoms with Gasteiger partial charge < -0.3 is 15.2 Å². The number of rotatable bonds is 6. The number of para-hydroxylation sites is 3. The van der Waals surface area contributed by atoms with E-state index in [9.17, 15) is 14.4 Å².